The van der Waals surface area contributed by atoms with E-state index in [2.05, 4.69) is 10.2 Å². The summed E-state index contributed by atoms with van der Waals surface area (Å²) in [5, 5.41) is 14.1. The third-order valence-corrected chi connectivity index (χ3v) is 3.55. The molecule has 1 aliphatic heterocycles. The monoisotopic (exact) mass is 301 g/mol. The predicted octanol–water partition coefficient (Wildman–Crippen LogP) is 1.82. The van der Waals surface area contributed by atoms with E-state index in [1.807, 2.05) is 7.05 Å². The van der Waals surface area contributed by atoms with Gasteiger partial charge in [0.05, 0.1) is 12.0 Å². The van der Waals surface area contributed by atoms with Crippen molar-refractivity contribution in [1.29, 1.82) is 0 Å². The Kier molecular flexibility index (Phi) is 6.19. The van der Waals surface area contributed by atoms with Gasteiger partial charge < -0.3 is 10.1 Å². The van der Waals surface area contributed by atoms with Gasteiger partial charge in [0, 0.05) is 43.4 Å². The average Bonchev–Trinajstić information content (AvgIpc) is 2.86. The molecule has 0 amide bonds. The van der Waals surface area contributed by atoms with Crippen molar-refractivity contribution in [3.8, 4) is 5.75 Å². The molecule has 7 heteroatoms. The van der Waals surface area contributed by atoms with Gasteiger partial charge in [0.25, 0.3) is 5.69 Å². The van der Waals surface area contributed by atoms with Gasteiger partial charge in [-0.1, -0.05) is 0 Å². The number of halogens is 1. The standard InChI is InChI=1S/C13H19N3O3.ClH/c1-14-11-5-6-15(9-11)8-10-7-12(16(17)18)3-4-13(10)19-2;/h3-4,7,11,14H,5-6,8-9H2,1-2H3;1H. The summed E-state index contributed by atoms with van der Waals surface area (Å²) >= 11 is 0. The van der Waals surface area contributed by atoms with Crippen LogP contribution < -0.4 is 10.1 Å². The SMILES string of the molecule is CNC1CCN(Cc2cc([N+](=O)[O-])ccc2OC)C1.Cl. The van der Waals surface area contributed by atoms with Crippen LogP contribution in [0, 0.1) is 10.1 Å². The van der Waals surface area contributed by atoms with E-state index in [-0.39, 0.29) is 23.0 Å². The van der Waals surface area contributed by atoms with E-state index in [4.69, 9.17) is 4.74 Å². The maximum Gasteiger partial charge on any atom is 0.270 e. The molecule has 1 aliphatic rings. The van der Waals surface area contributed by atoms with Gasteiger partial charge in [0.2, 0.25) is 0 Å². The Morgan fingerprint density at radius 3 is 2.85 bits per heavy atom. The first-order valence-electron chi connectivity index (χ1n) is 6.35. The summed E-state index contributed by atoms with van der Waals surface area (Å²) < 4.78 is 5.28. The second-order valence-corrected chi connectivity index (χ2v) is 4.76. The highest BCUT2D eigenvalue weighted by Crippen LogP contribution is 2.26. The predicted molar refractivity (Wildman–Crippen MR) is 79.6 cm³/mol. The number of non-ortho nitro benzene ring substituents is 1. The first-order chi connectivity index (χ1) is 9.13. The normalized spacial score (nSPS) is 18.6. The summed E-state index contributed by atoms with van der Waals surface area (Å²) in [5.41, 5.74) is 0.980. The third kappa shape index (κ3) is 3.82. The zero-order valence-electron chi connectivity index (χ0n) is 11.7. The number of nitro benzene ring substituents is 1. The highest BCUT2D eigenvalue weighted by molar-refractivity contribution is 5.85. The lowest BCUT2D eigenvalue weighted by Crippen LogP contribution is -2.29. The van der Waals surface area contributed by atoms with Crippen molar-refractivity contribution in [2.24, 2.45) is 0 Å². The third-order valence-electron chi connectivity index (χ3n) is 3.55. The van der Waals surface area contributed by atoms with Crippen molar-refractivity contribution in [3.63, 3.8) is 0 Å². The number of hydrogen-bond donors (Lipinski definition) is 1. The number of benzene rings is 1. The highest BCUT2D eigenvalue weighted by Gasteiger charge is 2.22. The zero-order chi connectivity index (χ0) is 13.8. The van der Waals surface area contributed by atoms with Gasteiger partial charge in [-0.05, 0) is 19.5 Å². The van der Waals surface area contributed by atoms with Crippen LogP contribution in [0.3, 0.4) is 0 Å². The Labute approximate surface area is 124 Å². The summed E-state index contributed by atoms with van der Waals surface area (Å²) in [5.74, 6) is 0.707. The molecule has 1 aromatic rings. The van der Waals surface area contributed by atoms with Gasteiger partial charge in [0.15, 0.2) is 0 Å². The Morgan fingerprint density at radius 1 is 1.55 bits per heavy atom. The number of nitrogens with one attached hydrogen (secondary N) is 1. The molecule has 1 saturated heterocycles. The molecule has 0 bridgehead atoms. The topological polar surface area (TPSA) is 67.6 Å². The first kappa shape index (κ1) is 16.7. The maximum atomic E-state index is 10.8. The molecule has 1 atom stereocenters. The minimum Gasteiger partial charge on any atom is -0.496 e. The van der Waals surface area contributed by atoms with Crippen LogP contribution in [-0.2, 0) is 6.54 Å². The zero-order valence-corrected chi connectivity index (χ0v) is 12.5. The Morgan fingerprint density at radius 2 is 2.30 bits per heavy atom. The number of likely N-dealkylation sites (N-methyl/N-ethyl adjacent to an activating group) is 1. The molecule has 0 aromatic heterocycles. The van der Waals surface area contributed by atoms with Crippen molar-refractivity contribution < 1.29 is 9.66 Å². The Bertz CT molecular complexity index is 470. The van der Waals surface area contributed by atoms with Crippen LogP contribution in [0.25, 0.3) is 0 Å². The smallest absolute Gasteiger partial charge is 0.270 e. The number of hydrogen-bond acceptors (Lipinski definition) is 5. The van der Waals surface area contributed by atoms with E-state index in [1.54, 1.807) is 19.2 Å². The molecular formula is C13H20ClN3O3. The van der Waals surface area contributed by atoms with Crippen molar-refractivity contribution in [3.05, 3.63) is 33.9 Å². The average molecular weight is 302 g/mol. The van der Waals surface area contributed by atoms with E-state index in [0.29, 0.717) is 18.3 Å². The highest BCUT2D eigenvalue weighted by atomic mass is 35.5. The molecule has 0 saturated carbocycles. The van der Waals surface area contributed by atoms with Crippen LogP contribution in [-0.4, -0.2) is 43.1 Å². The van der Waals surface area contributed by atoms with E-state index in [1.165, 1.54) is 6.07 Å². The quantitative estimate of drug-likeness (QED) is 0.664. The molecule has 20 heavy (non-hydrogen) atoms. The fourth-order valence-electron chi connectivity index (χ4n) is 2.45. The van der Waals surface area contributed by atoms with Gasteiger partial charge in [-0.15, -0.1) is 12.4 Å². The summed E-state index contributed by atoms with van der Waals surface area (Å²) in [6.07, 6.45) is 1.10. The molecule has 1 N–H and O–H groups in total. The van der Waals surface area contributed by atoms with Gasteiger partial charge in [-0.3, -0.25) is 15.0 Å². The number of ether oxygens (including phenoxy) is 1. The fraction of sp³-hybridized carbons (Fsp3) is 0.538. The van der Waals surface area contributed by atoms with E-state index in [0.717, 1.165) is 25.1 Å². The van der Waals surface area contributed by atoms with Crippen LogP contribution in [0.1, 0.15) is 12.0 Å². The summed E-state index contributed by atoms with van der Waals surface area (Å²) in [7, 11) is 3.55. The summed E-state index contributed by atoms with van der Waals surface area (Å²) in [6, 6.07) is 5.25. The fourth-order valence-corrected chi connectivity index (χ4v) is 2.45. The van der Waals surface area contributed by atoms with Crippen LogP contribution in [0.15, 0.2) is 18.2 Å². The lowest BCUT2D eigenvalue weighted by atomic mass is 10.1. The summed E-state index contributed by atoms with van der Waals surface area (Å²) in [4.78, 5) is 12.7. The lowest BCUT2D eigenvalue weighted by Gasteiger charge is -2.17. The molecule has 0 spiro atoms. The lowest BCUT2D eigenvalue weighted by molar-refractivity contribution is -0.384. The van der Waals surface area contributed by atoms with Crippen LogP contribution >= 0.6 is 12.4 Å². The van der Waals surface area contributed by atoms with E-state index < -0.39 is 0 Å². The molecule has 1 aromatic carbocycles. The Hall–Kier alpha value is -1.37. The van der Waals surface area contributed by atoms with E-state index >= 15 is 0 Å². The molecule has 1 heterocycles. The van der Waals surface area contributed by atoms with Gasteiger partial charge in [-0.25, -0.2) is 0 Å². The maximum absolute atomic E-state index is 10.8. The molecule has 0 radical (unpaired) electrons. The van der Waals surface area contributed by atoms with Crippen molar-refractivity contribution in [2.45, 2.75) is 19.0 Å². The largest absolute Gasteiger partial charge is 0.496 e. The van der Waals surface area contributed by atoms with Crippen molar-refractivity contribution in [1.82, 2.24) is 10.2 Å². The van der Waals surface area contributed by atoms with Crippen molar-refractivity contribution >= 4 is 18.1 Å². The molecule has 1 fully saturated rings. The number of nitrogens with zero attached hydrogens (tertiary/aromatic N) is 2. The minimum absolute atomic E-state index is 0. The van der Waals surface area contributed by atoms with Gasteiger partial charge in [-0.2, -0.15) is 0 Å². The summed E-state index contributed by atoms with van der Waals surface area (Å²) in [6.45, 7) is 2.64. The second-order valence-electron chi connectivity index (χ2n) is 4.76. The van der Waals surface area contributed by atoms with Crippen molar-refractivity contribution in [2.75, 3.05) is 27.2 Å². The molecule has 6 nitrogen and oxygen atoms in total. The van der Waals surface area contributed by atoms with Gasteiger partial charge >= 0.3 is 0 Å². The van der Waals surface area contributed by atoms with Crippen LogP contribution in [0.2, 0.25) is 0 Å². The second kappa shape index (κ2) is 7.42. The molecule has 1 unspecified atom stereocenters. The molecular weight excluding hydrogens is 282 g/mol. The minimum atomic E-state index is -0.372. The molecule has 2 rings (SSSR count). The van der Waals surface area contributed by atoms with Crippen LogP contribution in [0.5, 0.6) is 5.75 Å². The molecule has 112 valence electrons. The number of nitro groups is 1. The number of methoxy groups -OCH3 is 1. The van der Waals surface area contributed by atoms with Crippen LogP contribution in [0.4, 0.5) is 5.69 Å². The Balaban J connectivity index is 0.00000200. The van der Waals surface area contributed by atoms with E-state index in [9.17, 15) is 10.1 Å². The number of likely N-dealkylation sites (tertiary alicyclic amines) is 1. The first-order valence-corrected chi connectivity index (χ1v) is 6.35. The number of rotatable bonds is 5. The van der Waals surface area contributed by atoms with Gasteiger partial charge in [0.1, 0.15) is 5.75 Å². The molecule has 0 aliphatic carbocycles.